The number of amides is 1. The van der Waals surface area contributed by atoms with Gasteiger partial charge in [-0.3, -0.25) is 9.52 Å². The summed E-state index contributed by atoms with van der Waals surface area (Å²) in [5.41, 5.74) is 2.32. The van der Waals surface area contributed by atoms with Crippen LogP contribution >= 0.6 is 0 Å². The summed E-state index contributed by atoms with van der Waals surface area (Å²) in [6, 6.07) is 11.1. The number of carbonyl (C=O) groups excluding carboxylic acids is 1. The lowest BCUT2D eigenvalue weighted by atomic mass is 9.98. The summed E-state index contributed by atoms with van der Waals surface area (Å²) in [7, 11) is -3.59. The third-order valence-electron chi connectivity index (χ3n) is 5.34. The third kappa shape index (κ3) is 4.25. The van der Waals surface area contributed by atoms with E-state index < -0.39 is 33.6 Å². The van der Waals surface area contributed by atoms with Gasteiger partial charge in [-0.25, -0.2) is 8.42 Å². The van der Waals surface area contributed by atoms with Crippen molar-refractivity contribution in [2.24, 2.45) is 5.92 Å². The van der Waals surface area contributed by atoms with Crippen LogP contribution in [0.4, 0.5) is 18.9 Å². The predicted molar refractivity (Wildman–Crippen MR) is 112 cm³/mol. The van der Waals surface area contributed by atoms with Crippen molar-refractivity contribution in [1.82, 2.24) is 9.29 Å². The summed E-state index contributed by atoms with van der Waals surface area (Å²) in [4.78, 5) is 13.9. The highest BCUT2D eigenvalue weighted by Gasteiger charge is 2.34. The number of fused-ring (bicyclic) bond motifs is 1. The van der Waals surface area contributed by atoms with Crippen molar-refractivity contribution in [2.75, 3.05) is 24.2 Å². The predicted octanol–water partition coefficient (Wildman–Crippen LogP) is 3.47. The maximum absolute atomic E-state index is 13.1. The van der Waals surface area contributed by atoms with Gasteiger partial charge < -0.3 is 9.47 Å². The molecule has 1 amide bonds. The summed E-state index contributed by atoms with van der Waals surface area (Å²) in [5, 5.41) is 0.529. The van der Waals surface area contributed by atoms with Crippen LogP contribution in [0.5, 0.6) is 0 Å². The molecule has 1 aromatic heterocycles. The van der Waals surface area contributed by atoms with Crippen molar-refractivity contribution in [1.29, 1.82) is 0 Å². The highest BCUT2D eigenvalue weighted by molar-refractivity contribution is 7.89. The fraction of sp³-hybridized carbons (Fsp3) is 0.286. The van der Waals surface area contributed by atoms with Gasteiger partial charge in [-0.1, -0.05) is 6.07 Å². The van der Waals surface area contributed by atoms with E-state index in [9.17, 15) is 26.4 Å². The fourth-order valence-electron chi connectivity index (χ4n) is 3.75. The summed E-state index contributed by atoms with van der Waals surface area (Å²) in [5.74, 6) is -0.948. The van der Waals surface area contributed by atoms with E-state index in [2.05, 4.69) is 0 Å². The molecule has 31 heavy (non-hydrogen) atoms. The number of nitrogens with zero attached hydrogens (tertiary/aromatic N) is 2. The number of nitrogens with one attached hydrogen (secondary N) is 1. The molecule has 164 valence electrons. The molecule has 1 N–H and O–H groups in total. The van der Waals surface area contributed by atoms with Gasteiger partial charge in [0.05, 0.1) is 23.3 Å². The second kappa shape index (κ2) is 7.30. The summed E-state index contributed by atoms with van der Waals surface area (Å²) in [6.07, 6.45) is -1.67. The van der Waals surface area contributed by atoms with Crippen LogP contribution in [-0.2, 0) is 21.0 Å². The van der Waals surface area contributed by atoms with Gasteiger partial charge in [-0.05, 0) is 48.9 Å². The van der Waals surface area contributed by atoms with E-state index >= 15 is 0 Å². The van der Waals surface area contributed by atoms with Gasteiger partial charge in [-0.15, -0.1) is 0 Å². The first-order valence-corrected chi connectivity index (χ1v) is 11.4. The summed E-state index contributed by atoms with van der Waals surface area (Å²) in [6.45, 7) is 2.53. The Labute approximate surface area is 177 Å². The average Bonchev–Trinajstić information content (AvgIpc) is 2.95. The smallest absolute Gasteiger partial charge is 0.370 e. The van der Waals surface area contributed by atoms with Crippen LogP contribution in [0.1, 0.15) is 11.1 Å². The van der Waals surface area contributed by atoms with Crippen molar-refractivity contribution in [3.63, 3.8) is 0 Å². The minimum absolute atomic E-state index is 0.380. The molecule has 0 spiro atoms. The number of hydrogen-bond donors (Lipinski definition) is 1. The van der Waals surface area contributed by atoms with Gasteiger partial charge >= 0.3 is 6.18 Å². The van der Waals surface area contributed by atoms with Gasteiger partial charge in [-0.2, -0.15) is 13.2 Å². The van der Waals surface area contributed by atoms with Crippen molar-refractivity contribution in [2.45, 2.75) is 13.1 Å². The Bertz CT molecular complexity index is 1280. The minimum atomic E-state index is -4.40. The normalized spacial score (nSPS) is 15.2. The number of halogens is 3. The molecule has 3 aromatic rings. The molecule has 6 nitrogen and oxygen atoms in total. The van der Waals surface area contributed by atoms with E-state index in [4.69, 9.17) is 0 Å². The van der Waals surface area contributed by atoms with E-state index in [1.807, 2.05) is 38.5 Å². The Morgan fingerprint density at radius 1 is 1.10 bits per heavy atom. The lowest BCUT2D eigenvalue weighted by Gasteiger charge is -2.40. The first-order valence-electron chi connectivity index (χ1n) is 9.48. The number of aromatic nitrogens is 1. The number of benzene rings is 2. The molecule has 1 aliphatic heterocycles. The lowest BCUT2D eigenvalue weighted by Crippen LogP contribution is -2.54. The second-order valence-electron chi connectivity index (χ2n) is 7.77. The third-order valence-corrected chi connectivity index (χ3v) is 5.91. The van der Waals surface area contributed by atoms with Crippen LogP contribution < -0.4 is 9.62 Å². The van der Waals surface area contributed by atoms with E-state index in [0.717, 1.165) is 35.3 Å². The molecule has 1 saturated heterocycles. The zero-order valence-corrected chi connectivity index (χ0v) is 17.6. The number of carbonyl (C=O) groups is 1. The Morgan fingerprint density at radius 2 is 1.77 bits per heavy atom. The molecular weight excluding hydrogens is 431 g/mol. The monoisotopic (exact) mass is 451 g/mol. The molecule has 0 aliphatic carbocycles. The largest absolute Gasteiger partial charge is 0.416 e. The maximum Gasteiger partial charge on any atom is 0.416 e. The van der Waals surface area contributed by atoms with Crippen LogP contribution in [0.25, 0.3) is 16.6 Å². The molecule has 4 rings (SSSR count). The molecule has 0 bridgehead atoms. The number of aryl methyl sites for hydroxylation is 1. The quantitative estimate of drug-likeness (QED) is 0.660. The Hall–Kier alpha value is -3.01. The standard InChI is InChI=1S/C21H20F3N3O3S/c1-13-10-27(19-7-6-15(8-18(13)19)21(22,23)24)17-5-3-4-16(9-17)26-11-14(12-26)20(28)25-31(2,29)30/h3-10,14H,11-12H2,1-2H3,(H,25,28). The van der Waals surface area contributed by atoms with E-state index in [0.29, 0.717) is 24.0 Å². The molecule has 2 aromatic carbocycles. The molecule has 1 aliphatic rings. The molecule has 10 heteroatoms. The van der Waals surface area contributed by atoms with Gasteiger partial charge in [0.15, 0.2) is 0 Å². The Kier molecular flexibility index (Phi) is 5.00. The van der Waals surface area contributed by atoms with Crippen LogP contribution in [0.2, 0.25) is 0 Å². The van der Waals surface area contributed by atoms with E-state index in [-0.39, 0.29) is 0 Å². The van der Waals surface area contributed by atoms with Crippen molar-refractivity contribution < 1.29 is 26.4 Å². The molecule has 1 fully saturated rings. The SMILES string of the molecule is Cc1cn(-c2cccc(N3CC(C(=O)NS(C)(=O)=O)C3)c2)c2ccc(C(F)(F)F)cc12. The molecular formula is C21H20F3N3O3S. The van der Waals surface area contributed by atoms with Crippen LogP contribution in [0.15, 0.2) is 48.7 Å². The average molecular weight is 451 g/mol. The van der Waals surface area contributed by atoms with Crippen molar-refractivity contribution >= 4 is 32.5 Å². The number of hydrogen-bond acceptors (Lipinski definition) is 4. The second-order valence-corrected chi connectivity index (χ2v) is 9.52. The van der Waals surface area contributed by atoms with Gasteiger partial charge in [0, 0.05) is 36.0 Å². The van der Waals surface area contributed by atoms with E-state index in [1.165, 1.54) is 6.07 Å². The van der Waals surface area contributed by atoms with Gasteiger partial charge in [0.1, 0.15) is 0 Å². The Morgan fingerprint density at radius 3 is 2.42 bits per heavy atom. The molecule has 0 atom stereocenters. The van der Waals surface area contributed by atoms with Crippen molar-refractivity contribution in [3.05, 3.63) is 59.8 Å². The maximum atomic E-state index is 13.1. The summed E-state index contributed by atoms with van der Waals surface area (Å²) < 4.78 is 65.5. The molecule has 0 unspecified atom stereocenters. The Balaban J connectivity index is 1.58. The topological polar surface area (TPSA) is 71.4 Å². The number of rotatable bonds is 4. The highest BCUT2D eigenvalue weighted by atomic mass is 32.2. The number of alkyl halides is 3. The zero-order chi connectivity index (χ0) is 22.6. The van der Waals surface area contributed by atoms with Gasteiger partial charge in [0.2, 0.25) is 15.9 Å². The van der Waals surface area contributed by atoms with E-state index in [1.54, 1.807) is 13.1 Å². The highest BCUT2D eigenvalue weighted by Crippen LogP contribution is 2.34. The first-order chi connectivity index (χ1) is 14.4. The molecule has 0 saturated carbocycles. The lowest BCUT2D eigenvalue weighted by molar-refractivity contribution is -0.137. The van der Waals surface area contributed by atoms with Crippen LogP contribution in [0.3, 0.4) is 0 Å². The minimum Gasteiger partial charge on any atom is -0.370 e. The van der Waals surface area contributed by atoms with Crippen molar-refractivity contribution in [3.8, 4) is 5.69 Å². The van der Waals surface area contributed by atoms with Gasteiger partial charge in [0.25, 0.3) is 0 Å². The number of anilines is 1. The molecule has 2 heterocycles. The molecule has 0 radical (unpaired) electrons. The fourth-order valence-corrected chi connectivity index (χ4v) is 4.28. The van der Waals surface area contributed by atoms with Crippen LogP contribution in [0, 0.1) is 12.8 Å². The zero-order valence-electron chi connectivity index (χ0n) is 16.8. The van der Waals surface area contributed by atoms with Crippen LogP contribution in [-0.4, -0.2) is 38.2 Å². The number of sulfonamides is 1. The first kappa shape index (κ1) is 21.2. The summed E-state index contributed by atoms with van der Waals surface area (Å²) >= 11 is 0.